The standard InChI is InChI=1S/C35H50N2O/c1-3-4-5-6-7-8-9-10-11-12-13-14-15-16-25-38-33-26-34(29-17-21-31(36)22-18-29)28(2)35(27-33)30-19-23-32(37)24-20-30/h17-24,26-27H,3-16,25,36-37H2,1-2H3. The van der Waals surface area contributed by atoms with Gasteiger partial charge in [-0.3, -0.25) is 0 Å². The normalized spacial score (nSPS) is 11.1. The van der Waals surface area contributed by atoms with Crippen molar-refractivity contribution in [2.45, 2.75) is 104 Å². The van der Waals surface area contributed by atoms with Crippen LogP contribution in [0.5, 0.6) is 5.75 Å². The van der Waals surface area contributed by atoms with Crippen LogP contribution in [0.2, 0.25) is 0 Å². The van der Waals surface area contributed by atoms with Gasteiger partial charge in [0.1, 0.15) is 5.75 Å². The maximum Gasteiger partial charge on any atom is 0.120 e. The molecule has 3 heteroatoms. The van der Waals surface area contributed by atoms with Crippen molar-refractivity contribution in [2.24, 2.45) is 0 Å². The van der Waals surface area contributed by atoms with E-state index in [1.54, 1.807) is 0 Å². The van der Waals surface area contributed by atoms with Crippen molar-refractivity contribution >= 4 is 11.4 Å². The molecule has 3 aromatic carbocycles. The monoisotopic (exact) mass is 514 g/mol. The van der Waals surface area contributed by atoms with E-state index in [-0.39, 0.29) is 0 Å². The summed E-state index contributed by atoms with van der Waals surface area (Å²) in [4.78, 5) is 0. The first-order chi connectivity index (χ1) is 18.6. The van der Waals surface area contributed by atoms with E-state index in [2.05, 4.69) is 50.2 Å². The average molecular weight is 515 g/mol. The molecule has 0 spiro atoms. The summed E-state index contributed by atoms with van der Waals surface area (Å²) in [7, 11) is 0. The van der Waals surface area contributed by atoms with Crippen LogP contribution < -0.4 is 16.2 Å². The molecule has 0 aliphatic carbocycles. The molecule has 0 aromatic heterocycles. The fourth-order valence-corrected chi connectivity index (χ4v) is 5.18. The molecule has 38 heavy (non-hydrogen) atoms. The van der Waals surface area contributed by atoms with Gasteiger partial charge in [-0.05, 0) is 77.6 Å². The van der Waals surface area contributed by atoms with Crippen LogP contribution in [0.4, 0.5) is 11.4 Å². The second kappa shape index (κ2) is 16.8. The van der Waals surface area contributed by atoms with Gasteiger partial charge in [-0.2, -0.15) is 0 Å². The van der Waals surface area contributed by atoms with Gasteiger partial charge in [-0.25, -0.2) is 0 Å². The number of ether oxygens (including phenoxy) is 1. The molecule has 0 radical (unpaired) electrons. The Balaban J connectivity index is 1.44. The maximum absolute atomic E-state index is 6.29. The van der Waals surface area contributed by atoms with E-state index >= 15 is 0 Å². The molecule has 0 bridgehead atoms. The molecular formula is C35H50N2O. The fourth-order valence-electron chi connectivity index (χ4n) is 5.18. The summed E-state index contributed by atoms with van der Waals surface area (Å²) in [6, 6.07) is 20.5. The zero-order valence-corrected chi connectivity index (χ0v) is 23.9. The molecule has 3 aromatic rings. The zero-order valence-electron chi connectivity index (χ0n) is 23.9. The lowest BCUT2D eigenvalue weighted by atomic mass is 9.92. The second-order valence-electron chi connectivity index (χ2n) is 10.8. The highest BCUT2D eigenvalue weighted by atomic mass is 16.5. The number of benzene rings is 3. The van der Waals surface area contributed by atoms with Crippen molar-refractivity contribution in [1.82, 2.24) is 0 Å². The molecule has 3 nitrogen and oxygen atoms in total. The number of anilines is 2. The van der Waals surface area contributed by atoms with Gasteiger partial charge < -0.3 is 16.2 Å². The van der Waals surface area contributed by atoms with E-state index in [4.69, 9.17) is 16.2 Å². The number of hydrogen-bond donors (Lipinski definition) is 2. The van der Waals surface area contributed by atoms with E-state index in [1.165, 1.54) is 100 Å². The molecule has 4 N–H and O–H groups in total. The molecule has 0 atom stereocenters. The van der Waals surface area contributed by atoms with E-state index in [9.17, 15) is 0 Å². The summed E-state index contributed by atoms with van der Waals surface area (Å²) in [5, 5.41) is 0. The number of unbranched alkanes of at least 4 members (excludes halogenated alkanes) is 13. The van der Waals surface area contributed by atoms with E-state index in [0.29, 0.717) is 0 Å². The Morgan fingerprint density at radius 2 is 0.895 bits per heavy atom. The molecule has 3 rings (SSSR count). The SMILES string of the molecule is CCCCCCCCCCCCCCCCOc1cc(-c2ccc(N)cc2)c(C)c(-c2ccc(N)cc2)c1. The van der Waals surface area contributed by atoms with Crippen molar-refractivity contribution in [2.75, 3.05) is 18.1 Å². The third-order valence-corrected chi connectivity index (χ3v) is 7.59. The van der Waals surface area contributed by atoms with Gasteiger partial charge in [0.25, 0.3) is 0 Å². The van der Waals surface area contributed by atoms with Gasteiger partial charge >= 0.3 is 0 Å². The smallest absolute Gasteiger partial charge is 0.120 e. The predicted octanol–water partition coefficient (Wildman–Crippen LogP) is 10.4. The third kappa shape index (κ3) is 10.1. The highest BCUT2D eigenvalue weighted by Crippen LogP contribution is 2.36. The lowest BCUT2D eigenvalue weighted by Gasteiger charge is -2.16. The lowest BCUT2D eigenvalue weighted by Crippen LogP contribution is -1.99. The molecule has 0 unspecified atom stereocenters. The molecule has 0 amide bonds. The second-order valence-corrected chi connectivity index (χ2v) is 10.8. The van der Waals surface area contributed by atoms with Gasteiger partial charge in [0.05, 0.1) is 6.61 Å². The van der Waals surface area contributed by atoms with E-state index < -0.39 is 0 Å². The molecule has 0 aliphatic rings. The maximum atomic E-state index is 6.29. The molecular weight excluding hydrogens is 464 g/mol. The minimum absolute atomic E-state index is 0.753. The lowest BCUT2D eigenvalue weighted by molar-refractivity contribution is 0.304. The Bertz CT molecular complexity index is 990. The first kappa shape index (κ1) is 29.6. The van der Waals surface area contributed by atoms with Crippen LogP contribution in [0.25, 0.3) is 22.3 Å². The summed E-state index contributed by atoms with van der Waals surface area (Å²) in [5.41, 5.74) is 19.3. The van der Waals surface area contributed by atoms with Crippen molar-refractivity contribution in [3.63, 3.8) is 0 Å². The number of nitrogen functional groups attached to an aromatic ring is 2. The third-order valence-electron chi connectivity index (χ3n) is 7.59. The van der Waals surface area contributed by atoms with Crippen molar-refractivity contribution in [3.8, 4) is 28.0 Å². The van der Waals surface area contributed by atoms with Crippen LogP contribution in [0.15, 0.2) is 60.7 Å². The molecule has 0 aliphatic heterocycles. The Labute approximate surface area is 232 Å². The number of rotatable bonds is 18. The van der Waals surface area contributed by atoms with Crippen molar-refractivity contribution < 1.29 is 4.74 Å². The molecule has 0 heterocycles. The van der Waals surface area contributed by atoms with Crippen molar-refractivity contribution in [1.29, 1.82) is 0 Å². The molecule has 0 saturated heterocycles. The minimum atomic E-state index is 0.753. The Hall–Kier alpha value is -2.94. The Morgan fingerprint density at radius 3 is 1.29 bits per heavy atom. The molecule has 206 valence electrons. The van der Waals surface area contributed by atoms with Crippen LogP contribution >= 0.6 is 0 Å². The van der Waals surface area contributed by atoms with E-state index in [0.717, 1.165) is 41.3 Å². The number of nitrogens with two attached hydrogens (primary N) is 2. The van der Waals surface area contributed by atoms with Gasteiger partial charge in [0.2, 0.25) is 0 Å². The predicted molar refractivity (Wildman–Crippen MR) is 167 cm³/mol. The van der Waals surface area contributed by atoms with Crippen LogP contribution in [0.1, 0.15) is 102 Å². The first-order valence-corrected chi connectivity index (χ1v) is 15.1. The fraction of sp³-hybridized carbons (Fsp3) is 0.486. The Morgan fingerprint density at radius 1 is 0.526 bits per heavy atom. The van der Waals surface area contributed by atoms with E-state index in [1.807, 2.05) is 24.3 Å². The Kier molecular flexibility index (Phi) is 13.1. The highest BCUT2D eigenvalue weighted by molar-refractivity contribution is 5.81. The summed E-state index contributed by atoms with van der Waals surface area (Å²) in [6.45, 7) is 5.22. The summed E-state index contributed by atoms with van der Waals surface area (Å²) < 4.78 is 6.29. The van der Waals surface area contributed by atoms with Crippen LogP contribution in [0.3, 0.4) is 0 Å². The van der Waals surface area contributed by atoms with Crippen molar-refractivity contribution in [3.05, 3.63) is 66.2 Å². The van der Waals surface area contributed by atoms with Gasteiger partial charge in [-0.15, -0.1) is 0 Å². The quantitative estimate of drug-likeness (QED) is 0.131. The largest absolute Gasteiger partial charge is 0.494 e. The first-order valence-electron chi connectivity index (χ1n) is 15.1. The van der Waals surface area contributed by atoms with Crippen LogP contribution in [0, 0.1) is 6.92 Å². The minimum Gasteiger partial charge on any atom is -0.494 e. The molecule has 0 fully saturated rings. The van der Waals surface area contributed by atoms with Gasteiger partial charge in [-0.1, -0.05) is 115 Å². The van der Waals surface area contributed by atoms with Crippen LogP contribution in [-0.4, -0.2) is 6.61 Å². The van der Waals surface area contributed by atoms with Crippen LogP contribution in [-0.2, 0) is 0 Å². The highest BCUT2D eigenvalue weighted by Gasteiger charge is 2.12. The van der Waals surface area contributed by atoms with Gasteiger partial charge in [0, 0.05) is 11.4 Å². The summed E-state index contributed by atoms with van der Waals surface area (Å²) in [6.07, 6.45) is 19.1. The molecule has 0 saturated carbocycles. The van der Waals surface area contributed by atoms with Gasteiger partial charge in [0.15, 0.2) is 0 Å². The average Bonchev–Trinajstić information content (AvgIpc) is 2.92. The topological polar surface area (TPSA) is 61.3 Å². The summed E-state index contributed by atoms with van der Waals surface area (Å²) >= 11 is 0. The number of hydrogen-bond acceptors (Lipinski definition) is 3. The zero-order chi connectivity index (χ0) is 27.0. The summed E-state index contributed by atoms with van der Waals surface area (Å²) in [5.74, 6) is 0.920.